The molecule has 0 atom stereocenters. The molecule has 132 valence electrons. The number of hydrogen-bond acceptors (Lipinski definition) is 5. The Kier molecular flexibility index (Phi) is 5.04. The first kappa shape index (κ1) is 16.2. The van der Waals surface area contributed by atoms with E-state index in [9.17, 15) is 0 Å². The lowest BCUT2D eigenvalue weighted by molar-refractivity contribution is 0.174. The molecule has 0 aliphatic carbocycles. The summed E-state index contributed by atoms with van der Waals surface area (Å²) in [5, 5.41) is 0. The highest BCUT2D eigenvalue weighted by molar-refractivity contribution is 5.44. The number of nitrogens with zero attached hydrogens (tertiary/aromatic N) is 2. The van der Waals surface area contributed by atoms with E-state index in [1.165, 1.54) is 5.56 Å². The first-order chi connectivity index (χ1) is 12.4. The van der Waals surface area contributed by atoms with Crippen LogP contribution in [0.4, 0.5) is 0 Å². The molecule has 2 aliphatic heterocycles. The normalized spacial score (nSPS) is 17.1. The van der Waals surface area contributed by atoms with Gasteiger partial charge in [-0.3, -0.25) is 9.80 Å². The van der Waals surface area contributed by atoms with E-state index >= 15 is 0 Å². The van der Waals surface area contributed by atoms with Crippen molar-refractivity contribution in [3.05, 3.63) is 54.1 Å². The van der Waals surface area contributed by atoms with Crippen molar-refractivity contribution in [2.75, 3.05) is 46.2 Å². The van der Waals surface area contributed by atoms with Gasteiger partial charge in [-0.25, -0.2) is 0 Å². The lowest BCUT2D eigenvalue weighted by Gasteiger charge is -2.18. The number of fused-ring (bicyclic) bond motifs is 1. The molecule has 5 heteroatoms. The highest BCUT2D eigenvalue weighted by atomic mass is 16.7. The Morgan fingerprint density at radius 1 is 0.880 bits per heavy atom. The van der Waals surface area contributed by atoms with E-state index in [2.05, 4.69) is 21.9 Å². The Hall–Kier alpha value is -2.24. The van der Waals surface area contributed by atoms with Crippen molar-refractivity contribution in [2.45, 2.75) is 6.42 Å². The van der Waals surface area contributed by atoms with Crippen LogP contribution in [0, 0.1) is 0 Å². The maximum atomic E-state index is 5.79. The maximum absolute atomic E-state index is 5.79. The average Bonchev–Trinajstić information content (AvgIpc) is 3.29. The molecular weight excluding hydrogens is 316 g/mol. The molecule has 5 nitrogen and oxygen atoms in total. The predicted octanol–water partition coefficient (Wildman–Crippen LogP) is 2.61. The molecule has 2 aromatic rings. The lowest BCUT2D eigenvalue weighted by atomic mass is 10.1. The largest absolute Gasteiger partial charge is 0.492 e. The molecule has 0 saturated carbocycles. The second kappa shape index (κ2) is 7.76. The first-order valence-electron chi connectivity index (χ1n) is 8.88. The smallest absolute Gasteiger partial charge is 0.231 e. The average molecular weight is 340 g/mol. The number of hydrogen-bond donors (Lipinski definition) is 0. The van der Waals surface area contributed by atoms with E-state index in [0.717, 1.165) is 63.1 Å². The minimum Gasteiger partial charge on any atom is -0.492 e. The molecule has 0 unspecified atom stereocenters. The molecule has 0 aromatic heterocycles. The van der Waals surface area contributed by atoms with Gasteiger partial charge in [0.1, 0.15) is 12.4 Å². The van der Waals surface area contributed by atoms with Crippen LogP contribution in [0.2, 0.25) is 0 Å². The molecule has 1 saturated heterocycles. The fourth-order valence-corrected chi connectivity index (χ4v) is 3.27. The Labute approximate surface area is 148 Å². The molecule has 0 N–H and O–H groups in total. The molecule has 0 bridgehead atoms. The van der Waals surface area contributed by atoms with E-state index in [-0.39, 0.29) is 0 Å². The standard InChI is InChI=1S/C20H24N2O3/c1-2-4-18(5-3-1)23-13-12-22-11-10-21(15-22)9-8-17-6-7-19-20(14-17)25-16-24-19/h1-7,14H,8-13,15-16H2. The van der Waals surface area contributed by atoms with E-state index in [1.807, 2.05) is 36.4 Å². The van der Waals surface area contributed by atoms with Gasteiger partial charge in [0.05, 0.1) is 6.67 Å². The quantitative estimate of drug-likeness (QED) is 0.774. The minimum atomic E-state index is 0.338. The van der Waals surface area contributed by atoms with Gasteiger partial charge in [0.15, 0.2) is 11.5 Å². The van der Waals surface area contributed by atoms with Crippen molar-refractivity contribution in [2.24, 2.45) is 0 Å². The number of ether oxygens (including phenoxy) is 3. The molecule has 2 aromatic carbocycles. The van der Waals surface area contributed by atoms with Crippen molar-refractivity contribution in [1.29, 1.82) is 0 Å². The Morgan fingerprint density at radius 2 is 1.68 bits per heavy atom. The highest BCUT2D eigenvalue weighted by Crippen LogP contribution is 2.32. The zero-order chi connectivity index (χ0) is 16.9. The number of benzene rings is 2. The fourth-order valence-electron chi connectivity index (χ4n) is 3.27. The molecule has 0 radical (unpaired) electrons. The number of para-hydroxylation sites is 1. The van der Waals surface area contributed by atoms with Gasteiger partial charge in [-0.2, -0.15) is 0 Å². The Balaban J connectivity index is 1.18. The summed E-state index contributed by atoms with van der Waals surface area (Å²) >= 11 is 0. The van der Waals surface area contributed by atoms with Crippen LogP contribution in [0.1, 0.15) is 5.56 Å². The van der Waals surface area contributed by atoms with Gasteiger partial charge in [0.25, 0.3) is 0 Å². The van der Waals surface area contributed by atoms with E-state index in [1.54, 1.807) is 0 Å². The summed E-state index contributed by atoms with van der Waals surface area (Å²) in [6.07, 6.45) is 1.03. The van der Waals surface area contributed by atoms with Gasteiger partial charge in [-0.05, 0) is 36.2 Å². The fraction of sp³-hybridized carbons (Fsp3) is 0.400. The molecule has 0 amide bonds. The van der Waals surface area contributed by atoms with Crippen molar-refractivity contribution in [1.82, 2.24) is 9.80 Å². The predicted molar refractivity (Wildman–Crippen MR) is 96.2 cm³/mol. The Morgan fingerprint density at radius 3 is 2.56 bits per heavy atom. The lowest BCUT2D eigenvalue weighted by Crippen LogP contribution is -2.30. The molecular formula is C20H24N2O3. The van der Waals surface area contributed by atoms with Gasteiger partial charge in [0, 0.05) is 26.2 Å². The SMILES string of the molecule is c1ccc(OCCN2CCN(CCc3ccc4c(c3)OCO4)C2)cc1. The minimum absolute atomic E-state index is 0.338. The second-order valence-electron chi connectivity index (χ2n) is 6.48. The van der Waals surface area contributed by atoms with Crippen molar-refractivity contribution < 1.29 is 14.2 Å². The van der Waals surface area contributed by atoms with Gasteiger partial charge in [0.2, 0.25) is 6.79 Å². The zero-order valence-corrected chi connectivity index (χ0v) is 14.4. The highest BCUT2D eigenvalue weighted by Gasteiger charge is 2.20. The summed E-state index contributed by atoms with van der Waals surface area (Å²) in [6, 6.07) is 16.3. The monoisotopic (exact) mass is 340 g/mol. The van der Waals surface area contributed by atoms with Crippen LogP contribution in [0.25, 0.3) is 0 Å². The van der Waals surface area contributed by atoms with Crippen LogP contribution in [-0.2, 0) is 6.42 Å². The zero-order valence-electron chi connectivity index (χ0n) is 14.4. The first-order valence-corrected chi connectivity index (χ1v) is 8.88. The van der Waals surface area contributed by atoms with Gasteiger partial charge in [-0.15, -0.1) is 0 Å². The summed E-state index contributed by atoms with van der Waals surface area (Å²) in [7, 11) is 0. The summed E-state index contributed by atoms with van der Waals surface area (Å²) < 4.78 is 16.6. The van der Waals surface area contributed by atoms with Crippen molar-refractivity contribution >= 4 is 0 Å². The Bertz CT molecular complexity index is 693. The third-order valence-electron chi connectivity index (χ3n) is 4.71. The van der Waals surface area contributed by atoms with Crippen LogP contribution in [0.3, 0.4) is 0 Å². The summed E-state index contributed by atoms with van der Waals surface area (Å²) in [4.78, 5) is 4.94. The van der Waals surface area contributed by atoms with Gasteiger partial charge in [-0.1, -0.05) is 24.3 Å². The van der Waals surface area contributed by atoms with Crippen molar-refractivity contribution in [3.8, 4) is 17.2 Å². The summed E-state index contributed by atoms with van der Waals surface area (Å²) in [5.41, 5.74) is 1.30. The van der Waals surface area contributed by atoms with Crippen LogP contribution >= 0.6 is 0 Å². The van der Waals surface area contributed by atoms with Gasteiger partial charge < -0.3 is 14.2 Å². The molecule has 0 spiro atoms. The molecule has 2 aliphatic rings. The van der Waals surface area contributed by atoms with Crippen LogP contribution in [0.5, 0.6) is 17.2 Å². The topological polar surface area (TPSA) is 34.2 Å². The third kappa shape index (κ3) is 4.24. The third-order valence-corrected chi connectivity index (χ3v) is 4.71. The molecule has 1 fully saturated rings. The van der Waals surface area contributed by atoms with Gasteiger partial charge >= 0.3 is 0 Å². The van der Waals surface area contributed by atoms with Crippen LogP contribution in [0.15, 0.2) is 48.5 Å². The van der Waals surface area contributed by atoms with Crippen LogP contribution < -0.4 is 14.2 Å². The van der Waals surface area contributed by atoms with Crippen molar-refractivity contribution in [3.63, 3.8) is 0 Å². The summed E-state index contributed by atoms with van der Waals surface area (Å²) in [5.74, 6) is 2.68. The second-order valence-corrected chi connectivity index (χ2v) is 6.48. The molecule has 2 heterocycles. The number of rotatable bonds is 7. The molecule has 4 rings (SSSR count). The maximum Gasteiger partial charge on any atom is 0.231 e. The van der Waals surface area contributed by atoms with E-state index < -0.39 is 0 Å². The van der Waals surface area contributed by atoms with E-state index in [4.69, 9.17) is 14.2 Å². The van der Waals surface area contributed by atoms with Crippen LogP contribution in [-0.4, -0.2) is 56.0 Å². The van der Waals surface area contributed by atoms with E-state index in [0.29, 0.717) is 6.79 Å². The molecule has 25 heavy (non-hydrogen) atoms. The summed E-state index contributed by atoms with van der Waals surface area (Å²) in [6.45, 7) is 6.36.